The van der Waals surface area contributed by atoms with E-state index in [0.717, 1.165) is 11.4 Å². The van der Waals surface area contributed by atoms with Crippen molar-refractivity contribution in [1.29, 1.82) is 0 Å². The molecule has 1 heterocycles. The minimum atomic E-state index is 0.587. The third kappa shape index (κ3) is 3.20. The summed E-state index contributed by atoms with van der Waals surface area (Å²) in [6.07, 6.45) is 1.72. The number of pyridine rings is 1. The van der Waals surface area contributed by atoms with Crippen LogP contribution in [-0.4, -0.2) is 19.2 Å². The predicted molar refractivity (Wildman–Crippen MR) is 80.6 cm³/mol. The summed E-state index contributed by atoms with van der Waals surface area (Å²) < 4.78 is 10.7. The quantitative estimate of drug-likeness (QED) is 0.906. The zero-order valence-corrected chi connectivity index (χ0v) is 12.4. The van der Waals surface area contributed by atoms with E-state index in [0.29, 0.717) is 18.0 Å². The first kappa shape index (κ1) is 14.2. The van der Waals surface area contributed by atoms with Gasteiger partial charge in [0.15, 0.2) is 11.5 Å². The molecule has 2 rings (SSSR count). The van der Waals surface area contributed by atoms with Gasteiger partial charge >= 0.3 is 0 Å². The van der Waals surface area contributed by atoms with E-state index >= 15 is 0 Å². The number of methoxy groups -OCH3 is 2. The molecule has 2 aromatic rings. The van der Waals surface area contributed by atoms with Gasteiger partial charge in [0, 0.05) is 18.0 Å². The fraction of sp³-hybridized carbons (Fsp3) is 0.312. The van der Waals surface area contributed by atoms with E-state index in [1.165, 1.54) is 11.1 Å². The highest BCUT2D eigenvalue weighted by Gasteiger charge is 2.10. The third-order valence-corrected chi connectivity index (χ3v) is 3.05. The minimum absolute atomic E-state index is 0.587. The van der Waals surface area contributed by atoms with E-state index in [-0.39, 0.29) is 0 Å². The molecule has 0 aliphatic carbocycles. The van der Waals surface area contributed by atoms with Crippen LogP contribution in [0.5, 0.6) is 11.5 Å². The third-order valence-electron chi connectivity index (χ3n) is 3.05. The van der Waals surface area contributed by atoms with Gasteiger partial charge in [0.05, 0.1) is 20.8 Å². The highest BCUT2D eigenvalue weighted by atomic mass is 16.5. The Hall–Kier alpha value is -2.23. The summed E-state index contributed by atoms with van der Waals surface area (Å²) in [7, 11) is 3.25. The number of anilines is 1. The Balaban J connectivity index is 2.18. The molecule has 0 bridgehead atoms. The molecule has 0 radical (unpaired) electrons. The number of ether oxygens (including phenoxy) is 2. The number of nitrogens with zero attached hydrogens (tertiary/aromatic N) is 1. The van der Waals surface area contributed by atoms with Crippen LogP contribution in [0.3, 0.4) is 0 Å². The van der Waals surface area contributed by atoms with Crippen LogP contribution in [0.4, 0.5) is 5.69 Å². The van der Waals surface area contributed by atoms with Crippen LogP contribution in [0.25, 0.3) is 0 Å². The topological polar surface area (TPSA) is 43.4 Å². The molecule has 0 fully saturated rings. The molecule has 106 valence electrons. The van der Waals surface area contributed by atoms with Gasteiger partial charge in [0.2, 0.25) is 0 Å². The van der Waals surface area contributed by atoms with Crippen LogP contribution < -0.4 is 14.8 Å². The molecule has 0 aliphatic rings. The van der Waals surface area contributed by atoms with E-state index in [2.05, 4.69) is 42.3 Å². The van der Waals surface area contributed by atoms with Crippen molar-refractivity contribution in [2.45, 2.75) is 20.4 Å². The molecule has 0 saturated carbocycles. The van der Waals surface area contributed by atoms with Gasteiger partial charge in [-0.2, -0.15) is 0 Å². The maximum absolute atomic E-state index is 5.38. The zero-order valence-electron chi connectivity index (χ0n) is 12.4. The molecule has 0 amide bonds. The zero-order chi connectivity index (χ0) is 14.5. The lowest BCUT2D eigenvalue weighted by Crippen LogP contribution is -2.05. The summed E-state index contributed by atoms with van der Waals surface area (Å²) in [5.74, 6) is 1.37. The number of aromatic nitrogens is 1. The van der Waals surface area contributed by atoms with E-state index < -0.39 is 0 Å². The number of hydrogen-bond donors (Lipinski definition) is 1. The summed E-state index contributed by atoms with van der Waals surface area (Å²) in [6.45, 7) is 4.76. The number of rotatable bonds is 5. The first-order valence-corrected chi connectivity index (χ1v) is 6.52. The summed E-state index contributed by atoms with van der Waals surface area (Å²) in [4.78, 5) is 4.35. The standard InChI is InChI=1S/C16H20N2O2/c1-11-7-12(2)9-13(8-11)18-10-14-16(20-4)15(19-3)5-6-17-14/h5-9,18H,10H2,1-4H3. The van der Waals surface area contributed by atoms with Gasteiger partial charge in [-0.25, -0.2) is 0 Å². The SMILES string of the molecule is COc1ccnc(CNc2cc(C)cc(C)c2)c1OC. The molecular weight excluding hydrogens is 252 g/mol. The Labute approximate surface area is 119 Å². The molecule has 0 unspecified atom stereocenters. The Morgan fingerprint density at radius 3 is 2.35 bits per heavy atom. The maximum atomic E-state index is 5.38. The summed E-state index contributed by atoms with van der Waals surface area (Å²) in [5.41, 5.74) is 4.37. The fourth-order valence-electron chi connectivity index (χ4n) is 2.24. The molecule has 4 heteroatoms. The molecule has 0 spiro atoms. The summed E-state index contributed by atoms with van der Waals surface area (Å²) in [5, 5.41) is 3.37. The Morgan fingerprint density at radius 2 is 1.75 bits per heavy atom. The van der Waals surface area contributed by atoms with Crippen LogP contribution in [0.2, 0.25) is 0 Å². The lowest BCUT2D eigenvalue weighted by atomic mass is 10.1. The maximum Gasteiger partial charge on any atom is 0.184 e. The highest BCUT2D eigenvalue weighted by Crippen LogP contribution is 2.29. The second-order valence-electron chi connectivity index (χ2n) is 4.72. The van der Waals surface area contributed by atoms with Gasteiger partial charge in [-0.3, -0.25) is 4.98 Å². The minimum Gasteiger partial charge on any atom is -0.493 e. The average Bonchev–Trinajstić information content (AvgIpc) is 2.43. The van der Waals surface area contributed by atoms with Gasteiger partial charge in [-0.15, -0.1) is 0 Å². The molecular formula is C16H20N2O2. The van der Waals surface area contributed by atoms with Crippen molar-refractivity contribution in [2.24, 2.45) is 0 Å². The molecule has 1 N–H and O–H groups in total. The lowest BCUT2D eigenvalue weighted by Gasteiger charge is -2.13. The van der Waals surface area contributed by atoms with Gasteiger partial charge in [0.25, 0.3) is 0 Å². The van der Waals surface area contributed by atoms with Crippen molar-refractivity contribution in [3.8, 4) is 11.5 Å². The number of aryl methyl sites for hydroxylation is 2. The molecule has 1 aromatic carbocycles. The number of benzene rings is 1. The van der Waals surface area contributed by atoms with E-state index in [1.807, 2.05) is 0 Å². The Kier molecular flexibility index (Phi) is 4.45. The number of hydrogen-bond acceptors (Lipinski definition) is 4. The second kappa shape index (κ2) is 6.28. The van der Waals surface area contributed by atoms with Crippen molar-refractivity contribution >= 4 is 5.69 Å². The predicted octanol–water partition coefficient (Wildman–Crippen LogP) is 3.33. The molecule has 4 nitrogen and oxygen atoms in total. The Bertz CT molecular complexity index is 577. The highest BCUT2D eigenvalue weighted by molar-refractivity contribution is 5.50. The van der Waals surface area contributed by atoms with Gasteiger partial charge in [0.1, 0.15) is 5.69 Å². The van der Waals surface area contributed by atoms with E-state index in [4.69, 9.17) is 9.47 Å². The van der Waals surface area contributed by atoms with Crippen molar-refractivity contribution in [3.63, 3.8) is 0 Å². The molecule has 0 saturated heterocycles. The molecule has 0 aliphatic heterocycles. The van der Waals surface area contributed by atoms with Gasteiger partial charge < -0.3 is 14.8 Å². The lowest BCUT2D eigenvalue weighted by molar-refractivity contribution is 0.350. The molecule has 0 atom stereocenters. The van der Waals surface area contributed by atoms with Gasteiger partial charge in [-0.1, -0.05) is 6.07 Å². The number of nitrogens with one attached hydrogen (secondary N) is 1. The van der Waals surface area contributed by atoms with Crippen molar-refractivity contribution in [3.05, 3.63) is 47.3 Å². The first-order chi connectivity index (χ1) is 9.63. The Morgan fingerprint density at radius 1 is 1.05 bits per heavy atom. The molecule has 1 aromatic heterocycles. The fourth-order valence-corrected chi connectivity index (χ4v) is 2.24. The largest absolute Gasteiger partial charge is 0.493 e. The molecule has 20 heavy (non-hydrogen) atoms. The van der Waals surface area contributed by atoms with Crippen LogP contribution >= 0.6 is 0 Å². The monoisotopic (exact) mass is 272 g/mol. The smallest absolute Gasteiger partial charge is 0.184 e. The van der Waals surface area contributed by atoms with Crippen LogP contribution in [0.15, 0.2) is 30.5 Å². The van der Waals surface area contributed by atoms with E-state index in [1.54, 1.807) is 26.5 Å². The van der Waals surface area contributed by atoms with Gasteiger partial charge in [-0.05, 0) is 37.1 Å². The summed E-state index contributed by atoms with van der Waals surface area (Å²) in [6, 6.07) is 8.16. The summed E-state index contributed by atoms with van der Waals surface area (Å²) >= 11 is 0. The van der Waals surface area contributed by atoms with E-state index in [9.17, 15) is 0 Å². The van der Waals surface area contributed by atoms with Crippen molar-refractivity contribution < 1.29 is 9.47 Å². The van der Waals surface area contributed by atoms with Crippen molar-refractivity contribution in [1.82, 2.24) is 4.98 Å². The van der Waals surface area contributed by atoms with Crippen molar-refractivity contribution in [2.75, 3.05) is 19.5 Å². The average molecular weight is 272 g/mol. The second-order valence-corrected chi connectivity index (χ2v) is 4.72. The van der Waals surface area contributed by atoms with Crippen LogP contribution in [-0.2, 0) is 6.54 Å². The normalized spacial score (nSPS) is 10.2. The van der Waals surface area contributed by atoms with Crippen LogP contribution in [0, 0.1) is 13.8 Å². The first-order valence-electron chi connectivity index (χ1n) is 6.52. The van der Waals surface area contributed by atoms with Crippen LogP contribution in [0.1, 0.15) is 16.8 Å².